The highest BCUT2D eigenvalue weighted by Crippen LogP contribution is 2.42. The van der Waals surface area contributed by atoms with Gasteiger partial charge in [0.05, 0.1) is 22.5 Å². The fourth-order valence-corrected chi connectivity index (χ4v) is 4.77. The van der Waals surface area contributed by atoms with Gasteiger partial charge in [-0.05, 0) is 68.5 Å². The van der Waals surface area contributed by atoms with Gasteiger partial charge in [-0.15, -0.1) is 0 Å². The van der Waals surface area contributed by atoms with Gasteiger partial charge in [0, 0.05) is 29.0 Å². The molecule has 1 aliphatic carbocycles. The number of aromatic nitrogens is 3. The fraction of sp³-hybridized carbons (Fsp3) is 0.185. The number of imidazole rings is 1. The lowest BCUT2D eigenvalue weighted by Crippen LogP contribution is -2.14. The third kappa shape index (κ3) is 4.47. The third-order valence-electron chi connectivity index (χ3n) is 5.84. The maximum absolute atomic E-state index is 5.96. The first-order valence-electron chi connectivity index (χ1n) is 11.4. The summed E-state index contributed by atoms with van der Waals surface area (Å²) in [5, 5.41) is 7.55. The Balaban J connectivity index is 1.32. The summed E-state index contributed by atoms with van der Waals surface area (Å²) in [6, 6.07) is 14.5. The molecule has 0 spiro atoms. The van der Waals surface area contributed by atoms with Gasteiger partial charge in [0.15, 0.2) is 5.13 Å². The molecule has 1 aromatic carbocycles. The Labute approximate surface area is 203 Å². The molecule has 5 rings (SSSR count). The standard InChI is InChI=1S/C27H28N6S/c1-4-6-22(17(2)28)31-18(3)19-11-13-21(14-12-19)32-27-30-16-25(34-27)24-15-29-26-8-5-7-23(33(24)26)20-9-10-20/h4-8,11-16,20,31H,3,9-10,28H2,1-2H3,(H,30,32)/b6-4-,22-17-. The molecule has 3 heterocycles. The van der Waals surface area contributed by atoms with E-state index in [1.54, 1.807) is 11.3 Å². The highest BCUT2D eigenvalue weighted by atomic mass is 32.1. The summed E-state index contributed by atoms with van der Waals surface area (Å²) in [7, 11) is 0. The molecule has 1 aliphatic rings. The average molecular weight is 469 g/mol. The van der Waals surface area contributed by atoms with Crippen molar-refractivity contribution in [3.63, 3.8) is 0 Å². The molecule has 1 fully saturated rings. The Bertz CT molecular complexity index is 1400. The van der Waals surface area contributed by atoms with Gasteiger partial charge in [-0.1, -0.05) is 42.2 Å². The van der Waals surface area contributed by atoms with E-state index in [1.807, 2.05) is 62.7 Å². The van der Waals surface area contributed by atoms with Crippen molar-refractivity contribution in [3.05, 3.63) is 96.2 Å². The van der Waals surface area contributed by atoms with Crippen molar-refractivity contribution in [2.24, 2.45) is 5.73 Å². The van der Waals surface area contributed by atoms with Crippen molar-refractivity contribution < 1.29 is 0 Å². The van der Waals surface area contributed by atoms with Crippen molar-refractivity contribution in [2.75, 3.05) is 5.32 Å². The van der Waals surface area contributed by atoms with Crippen LogP contribution >= 0.6 is 11.3 Å². The van der Waals surface area contributed by atoms with Crippen LogP contribution in [0.15, 0.2) is 85.0 Å². The zero-order valence-corrected chi connectivity index (χ0v) is 20.2. The SMILES string of the molecule is C=C(NC(/C=C\C)=C(/C)N)c1ccc(Nc2ncc(-c3cnc4cccc(C5CC5)n34)s2)cc1. The summed E-state index contributed by atoms with van der Waals surface area (Å²) in [6.45, 7) is 7.97. The molecular formula is C27H28N6S. The molecule has 0 amide bonds. The van der Waals surface area contributed by atoms with E-state index in [4.69, 9.17) is 5.73 Å². The molecule has 0 atom stereocenters. The molecule has 0 saturated heterocycles. The largest absolute Gasteiger partial charge is 0.401 e. The van der Waals surface area contributed by atoms with Crippen molar-refractivity contribution in [1.29, 1.82) is 0 Å². The lowest BCUT2D eigenvalue weighted by atomic mass is 10.1. The maximum atomic E-state index is 5.96. The minimum Gasteiger partial charge on any atom is -0.401 e. The van der Waals surface area contributed by atoms with E-state index < -0.39 is 0 Å². The fourth-order valence-electron chi connectivity index (χ4n) is 3.94. The van der Waals surface area contributed by atoms with Crippen LogP contribution in [-0.4, -0.2) is 14.4 Å². The predicted octanol–water partition coefficient (Wildman–Crippen LogP) is 6.41. The van der Waals surface area contributed by atoms with Crippen LogP contribution in [0.5, 0.6) is 0 Å². The molecule has 0 radical (unpaired) electrons. The van der Waals surface area contributed by atoms with Gasteiger partial charge >= 0.3 is 0 Å². The summed E-state index contributed by atoms with van der Waals surface area (Å²) >= 11 is 1.63. The summed E-state index contributed by atoms with van der Waals surface area (Å²) in [5.74, 6) is 0.642. The molecule has 172 valence electrons. The zero-order valence-electron chi connectivity index (χ0n) is 19.4. The minimum atomic E-state index is 0.642. The third-order valence-corrected chi connectivity index (χ3v) is 6.78. The molecule has 0 unspecified atom stereocenters. The number of nitrogens with two attached hydrogens (primary N) is 1. The number of nitrogens with zero attached hydrogens (tertiary/aromatic N) is 3. The molecule has 34 heavy (non-hydrogen) atoms. The number of allylic oxidation sites excluding steroid dienone is 3. The maximum Gasteiger partial charge on any atom is 0.187 e. The number of rotatable bonds is 8. The molecule has 4 aromatic rings. The lowest BCUT2D eigenvalue weighted by Gasteiger charge is -2.13. The number of hydrogen-bond acceptors (Lipinski definition) is 6. The van der Waals surface area contributed by atoms with Crippen molar-refractivity contribution in [2.45, 2.75) is 32.6 Å². The van der Waals surface area contributed by atoms with Crippen LogP contribution < -0.4 is 16.4 Å². The van der Waals surface area contributed by atoms with Crippen LogP contribution in [0, 0.1) is 0 Å². The number of hydrogen-bond donors (Lipinski definition) is 3. The second-order valence-electron chi connectivity index (χ2n) is 8.49. The van der Waals surface area contributed by atoms with E-state index >= 15 is 0 Å². The number of anilines is 2. The summed E-state index contributed by atoms with van der Waals surface area (Å²) in [4.78, 5) is 10.3. The summed E-state index contributed by atoms with van der Waals surface area (Å²) in [6.07, 6.45) is 10.3. The Morgan fingerprint density at radius 2 is 1.94 bits per heavy atom. The Morgan fingerprint density at radius 1 is 1.15 bits per heavy atom. The van der Waals surface area contributed by atoms with Crippen LogP contribution in [0.3, 0.4) is 0 Å². The van der Waals surface area contributed by atoms with Gasteiger partial charge in [0.25, 0.3) is 0 Å². The smallest absolute Gasteiger partial charge is 0.187 e. The molecule has 0 bridgehead atoms. The molecule has 6 nitrogen and oxygen atoms in total. The van der Waals surface area contributed by atoms with Crippen LogP contribution in [0.2, 0.25) is 0 Å². The number of thiazole rings is 1. The van der Waals surface area contributed by atoms with E-state index in [-0.39, 0.29) is 0 Å². The summed E-state index contributed by atoms with van der Waals surface area (Å²) in [5.41, 5.74) is 13.7. The van der Waals surface area contributed by atoms with E-state index in [9.17, 15) is 0 Å². The summed E-state index contributed by atoms with van der Waals surface area (Å²) < 4.78 is 2.28. The monoisotopic (exact) mass is 468 g/mol. The van der Waals surface area contributed by atoms with Crippen LogP contribution in [0.4, 0.5) is 10.8 Å². The average Bonchev–Trinajstić information content (AvgIpc) is 3.43. The number of fused-ring (bicyclic) bond motifs is 1. The molecular weight excluding hydrogens is 440 g/mol. The lowest BCUT2D eigenvalue weighted by molar-refractivity contribution is 0.973. The van der Waals surface area contributed by atoms with Crippen molar-refractivity contribution >= 4 is 33.5 Å². The first kappa shape index (κ1) is 22.0. The topological polar surface area (TPSA) is 80.3 Å². The van der Waals surface area contributed by atoms with Gasteiger partial charge < -0.3 is 16.4 Å². The van der Waals surface area contributed by atoms with Gasteiger partial charge in [-0.2, -0.15) is 0 Å². The van der Waals surface area contributed by atoms with Crippen LogP contribution in [0.25, 0.3) is 21.9 Å². The van der Waals surface area contributed by atoms with Crippen LogP contribution in [0.1, 0.15) is 43.9 Å². The molecule has 4 N–H and O–H groups in total. The van der Waals surface area contributed by atoms with E-state index in [2.05, 4.69) is 49.8 Å². The zero-order chi connectivity index (χ0) is 23.7. The van der Waals surface area contributed by atoms with Gasteiger partial charge in [0.2, 0.25) is 0 Å². The minimum absolute atomic E-state index is 0.642. The van der Waals surface area contributed by atoms with Gasteiger partial charge in [-0.25, -0.2) is 9.97 Å². The van der Waals surface area contributed by atoms with E-state index in [0.29, 0.717) is 11.6 Å². The van der Waals surface area contributed by atoms with Gasteiger partial charge in [0.1, 0.15) is 5.65 Å². The van der Waals surface area contributed by atoms with Crippen molar-refractivity contribution in [1.82, 2.24) is 19.7 Å². The van der Waals surface area contributed by atoms with Crippen molar-refractivity contribution in [3.8, 4) is 10.6 Å². The van der Waals surface area contributed by atoms with E-state index in [1.165, 1.54) is 18.5 Å². The quantitative estimate of drug-likeness (QED) is 0.261. The first-order chi connectivity index (χ1) is 16.5. The van der Waals surface area contributed by atoms with Gasteiger partial charge in [-0.3, -0.25) is 4.40 Å². The Morgan fingerprint density at radius 3 is 2.65 bits per heavy atom. The molecule has 1 saturated carbocycles. The number of benzene rings is 1. The second-order valence-corrected chi connectivity index (χ2v) is 9.52. The second kappa shape index (κ2) is 9.19. The Hall–Kier alpha value is -3.84. The molecule has 3 aromatic heterocycles. The molecule has 0 aliphatic heterocycles. The number of nitrogens with one attached hydrogen (secondary N) is 2. The first-order valence-corrected chi connectivity index (χ1v) is 12.2. The highest BCUT2D eigenvalue weighted by Gasteiger charge is 2.27. The van der Waals surface area contributed by atoms with E-state index in [0.717, 1.165) is 44.0 Å². The Kier molecular flexibility index (Phi) is 5.94. The highest BCUT2D eigenvalue weighted by molar-refractivity contribution is 7.18. The predicted molar refractivity (Wildman–Crippen MR) is 142 cm³/mol. The number of pyridine rings is 1. The van der Waals surface area contributed by atoms with Crippen LogP contribution in [-0.2, 0) is 0 Å². The normalized spacial score (nSPS) is 14.4. The molecule has 7 heteroatoms.